The Morgan fingerprint density at radius 2 is 1.66 bits per heavy atom. The molecule has 2 aliphatic carbocycles. The van der Waals surface area contributed by atoms with Crippen molar-refractivity contribution >= 4 is 35.3 Å². The third kappa shape index (κ3) is 4.87. The van der Waals surface area contributed by atoms with Gasteiger partial charge in [-0.2, -0.15) is 0 Å². The Kier molecular flexibility index (Phi) is 6.34. The van der Waals surface area contributed by atoms with Crippen LogP contribution >= 0.6 is 0 Å². The number of rotatable bonds is 8. The predicted molar refractivity (Wildman–Crippen MR) is 113 cm³/mol. The van der Waals surface area contributed by atoms with Crippen molar-refractivity contribution in [3.8, 4) is 0 Å². The second-order valence-electron chi connectivity index (χ2n) is 8.24. The molecule has 1 saturated heterocycles. The van der Waals surface area contributed by atoms with Gasteiger partial charge in [0.2, 0.25) is 11.8 Å². The molecule has 2 N–H and O–H groups in total. The zero-order valence-electron chi connectivity index (χ0n) is 17.5. The van der Waals surface area contributed by atoms with E-state index in [2.05, 4.69) is 10.6 Å². The number of benzene rings is 1. The Bertz CT molecular complexity index is 958. The maximum absolute atomic E-state index is 12.4. The molecular weight excluding hydrogens is 414 g/mol. The van der Waals surface area contributed by atoms with Crippen molar-refractivity contribution < 1.29 is 28.7 Å². The molecule has 168 valence electrons. The average Bonchev–Trinajstić information content (AvgIpc) is 3.57. The minimum Gasteiger partial charge on any atom is -0.456 e. The first-order valence-electron chi connectivity index (χ1n) is 10.8. The number of nitrogens with one attached hydrogen (secondary N) is 2. The number of hydrogen-bond acceptors (Lipinski definition) is 6. The van der Waals surface area contributed by atoms with Crippen LogP contribution in [0.25, 0.3) is 0 Å². The summed E-state index contributed by atoms with van der Waals surface area (Å²) in [6.45, 7) is -0.593. The number of allylic oxidation sites excluding steroid dienone is 2. The third-order valence-electron chi connectivity index (χ3n) is 5.86. The highest BCUT2D eigenvalue weighted by molar-refractivity contribution is 6.06. The molecule has 0 bridgehead atoms. The van der Waals surface area contributed by atoms with Gasteiger partial charge in [-0.1, -0.05) is 24.3 Å². The van der Waals surface area contributed by atoms with Crippen molar-refractivity contribution in [2.75, 3.05) is 18.5 Å². The average molecular weight is 439 g/mol. The number of esters is 1. The SMILES string of the molecule is O=C(COC(=O)CCN1C(=O)[C@H]2CC=CC[C@H]2C1=O)Nc1ccccc1C(=O)NC1CC1. The number of ether oxygens (including phenoxy) is 1. The fourth-order valence-corrected chi connectivity index (χ4v) is 3.98. The van der Waals surface area contributed by atoms with Gasteiger partial charge in [0.25, 0.3) is 11.8 Å². The van der Waals surface area contributed by atoms with Gasteiger partial charge in [-0.05, 0) is 37.8 Å². The topological polar surface area (TPSA) is 122 Å². The molecule has 4 amide bonds. The Labute approximate surface area is 185 Å². The van der Waals surface area contributed by atoms with Crippen LogP contribution in [0.4, 0.5) is 5.69 Å². The van der Waals surface area contributed by atoms with Gasteiger partial charge in [0.05, 0.1) is 29.5 Å². The van der Waals surface area contributed by atoms with Gasteiger partial charge in [-0.25, -0.2) is 0 Å². The van der Waals surface area contributed by atoms with Crippen LogP contribution in [0.2, 0.25) is 0 Å². The van der Waals surface area contributed by atoms with E-state index < -0.39 is 18.5 Å². The molecule has 1 aromatic rings. The molecule has 1 heterocycles. The number of para-hydroxylation sites is 1. The lowest BCUT2D eigenvalue weighted by molar-refractivity contribution is -0.148. The van der Waals surface area contributed by atoms with Gasteiger partial charge in [-0.3, -0.25) is 28.9 Å². The zero-order chi connectivity index (χ0) is 22.7. The molecule has 4 rings (SSSR count). The summed E-state index contributed by atoms with van der Waals surface area (Å²) in [5, 5.41) is 5.45. The fourth-order valence-electron chi connectivity index (χ4n) is 3.98. The number of imide groups is 1. The minimum absolute atomic E-state index is 0.0602. The molecule has 1 aromatic carbocycles. The fraction of sp³-hybridized carbons (Fsp3) is 0.435. The van der Waals surface area contributed by atoms with Crippen LogP contribution in [-0.4, -0.2) is 53.7 Å². The molecule has 1 saturated carbocycles. The number of anilines is 1. The van der Waals surface area contributed by atoms with Crippen LogP contribution in [-0.2, 0) is 23.9 Å². The third-order valence-corrected chi connectivity index (χ3v) is 5.86. The second-order valence-corrected chi connectivity index (χ2v) is 8.24. The van der Waals surface area contributed by atoms with Gasteiger partial charge in [0.15, 0.2) is 6.61 Å². The number of amides is 4. The van der Waals surface area contributed by atoms with E-state index >= 15 is 0 Å². The zero-order valence-corrected chi connectivity index (χ0v) is 17.5. The highest BCUT2D eigenvalue weighted by Crippen LogP contribution is 2.35. The van der Waals surface area contributed by atoms with Gasteiger partial charge >= 0.3 is 5.97 Å². The molecule has 9 nitrogen and oxygen atoms in total. The highest BCUT2D eigenvalue weighted by Gasteiger charge is 2.46. The van der Waals surface area contributed by atoms with Crippen molar-refractivity contribution in [1.82, 2.24) is 10.2 Å². The molecule has 0 aromatic heterocycles. The number of fused-ring (bicyclic) bond motifs is 1. The van der Waals surface area contributed by atoms with Crippen LogP contribution < -0.4 is 10.6 Å². The Balaban J connectivity index is 1.23. The standard InChI is InChI=1S/C23H25N3O6/c27-19(25-18-8-4-3-7-17(18)21(29)24-14-9-10-14)13-32-20(28)11-12-26-22(30)15-5-1-2-6-16(15)23(26)31/h1-4,7-8,14-16H,5-6,9-13H2,(H,24,29)(H,25,27)/t15-,16+. The lowest BCUT2D eigenvalue weighted by Crippen LogP contribution is -2.33. The molecule has 2 fully saturated rings. The van der Waals surface area contributed by atoms with Gasteiger partial charge in [0.1, 0.15) is 0 Å². The number of carbonyl (C=O) groups excluding carboxylic acids is 5. The molecule has 0 spiro atoms. The van der Waals surface area contributed by atoms with E-state index in [1.807, 2.05) is 12.2 Å². The quantitative estimate of drug-likeness (QED) is 0.359. The first-order chi connectivity index (χ1) is 15.4. The predicted octanol–water partition coefficient (Wildman–Crippen LogP) is 1.40. The van der Waals surface area contributed by atoms with Crippen molar-refractivity contribution in [3.63, 3.8) is 0 Å². The monoisotopic (exact) mass is 439 g/mol. The van der Waals surface area contributed by atoms with Crippen LogP contribution in [0, 0.1) is 11.8 Å². The Hall–Kier alpha value is -3.49. The molecular formula is C23H25N3O6. The lowest BCUT2D eigenvalue weighted by atomic mass is 9.85. The van der Waals surface area contributed by atoms with Crippen molar-refractivity contribution in [2.45, 2.75) is 38.1 Å². The van der Waals surface area contributed by atoms with E-state index in [0.717, 1.165) is 17.7 Å². The molecule has 9 heteroatoms. The maximum atomic E-state index is 12.4. The van der Waals surface area contributed by atoms with E-state index in [0.29, 0.717) is 24.1 Å². The summed E-state index contributed by atoms with van der Waals surface area (Å²) in [6, 6.07) is 6.77. The summed E-state index contributed by atoms with van der Waals surface area (Å²) in [7, 11) is 0. The van der Waals surface area contributed by atoms with Gasteiger partial charge < -0.3 is 15.4 Å². The first kappa shape index (κ1) is 21.7. The normalized spacial score (nSPS) is 21.8. The first-order valence-corrected chi connectivity index (χ1v) is 10.8. The van der Waals surface area contributed by atoms with Gasteiger partial charge in [0, 0.05) is 12.6 Å². The maximum Gasteiger partial charge on any atom is 0.308 e. The van der Waals surface area contributed by atoms with E-state index in [1.165, 1.54) is 0 Å². The summed E-state index contributed by atoms with van der Waals surface area (Å²) in [6.07, 6.45) is 6.59. The molecule has 3 aliphatic rings. The molecule has 32 heavy (non-hydrogen) atoms. The van der Waals surface area contributed by atoms with Crippen LogP contribution in [0.15, 0.2) is 36.4 Å². The minimum atomic E-state index is -0.687. The molecule has 0 radical (unpaired) electrons. The van der Waals surface area contributed by atoms with Crippen molar-refractivity contribution in [2.24, 2.45) is 11.8 Å². The van der Waals surface area contributed by atoms with Gasteiger partial charge in [-0.15, -0.1) is 0 Å². The lowest BCUT2D eigenvalue weighted by Gasteiger charge is -2.14. The van der Waals surface area contributed by atoms with Crippen molar-refractivity contribution in [3.05, 3.63) is 42.0 Å². The largest absolute Gasteiger partial charge is 0.456 e. The Morgan fingerprint density at radius 3 is 2.31 bits per heavy atom. The highest BCUT2D eigenvalue weighted by atomic mass is 16.5. The van der Waals surface area contributed by atoms with Crippen LogP contribution in [0.5, 0.6) is 0 Å². The molecule has 2 atom stereocenters. The Morgan fingerprint density at radius 1 is 1.00 bits per heavy atom. The molecule has 1 aliphatic heterocycles. The van der Waals surface area contributed by atoms with Crippen LogP contribution in [0.3, 0.4) is 0 Å². The summed E-state index contributed by atoms with van der Waals surface area (Å²) in [5.74, 6) is -2.73. The van der Waals surface area contributed by atoms with E-state index in [1.54, 1.807) is 24.3 Å². The van der Waals surface area contributed by atoms with E-state index in [4.69, 9.17) is 4.74 Å². The van der Waals surface area contributed by atoms with E-state index in [-0.39, 0.29) is 48.6 Å². The van der Waals surface area contributed by atoms with Crippen molar-refractivity contribution in [1.29, 1.82) is 0 Å². The summed E-state index contributed by atoms with van der Waals surface area (Å²) >= 11 is 0. The smallest absolute Gasteiger partial charge is 0.308 e. The number of nitrogens with zero attached hydrogens (tertiary/aromatic N) is 1. The summed E-state index contributed by atoms with van der Waals surface area (Å²) in [4.78, 5) is 62.5. The second kappa shape index (κ2) is 9.33. The molecule has 0 unspecified atom stereocenters. The van der Waals surface area contributed by atoms with Crippen LogP contribution in [0.1, 0.15) is 42.5 Å². The summed E-state index contributed by atoms with van der Waals surface area (Å²) in [5.41, 5.74) is 0.664. The van der Waals surface area contributed by atoms with E-state index in [9.17, 15) is 24.0 Å². The number of hydrogen-bond donors (Lipinski definition) is 2. The summed E-state index contributed by atoms with van der Waals surface area (Å²) < 4.78 is 4.99. The number of carbonyl (C=O) groups is 5. The number of likely N-dealkylation sites (tertiary alicyclic amines) is 1.